The first-order valence-electron chi connectivity index (χ1n) is 10.5. The predicted octanol–water partition coefficient (Wildman–Crippen LogP) is 2.77. The third-order valence-electron chi connectivity index (χ3n) is 5.67. The summed E-state index contributed by atoms with van der Waals surface area (Å²) in [6, 6.07) is 5.28. The molecule has 1 heterocycles. The number of benzene rings is 1. The predicted molar refractivity (Wildman–Crippen MR) is 109 cm³/mol. The number of nitrogens with one attached hydrogen (secondary N) is 1. The number of carbonyl (C=O) groups is 2. The van der Waals surface area contributed by atoms with Gasteiger partial charge in [-0.25, -0.2) is 0 Å². The van der Waals surface area contributed by atoms with E-state index in [0.29, 0.717) is 30.2 Å². The molecule has 160 valence electrons. The van der Waals surface area contributed by atoms with Crippen molar-refractivity contribution in [1.29, 1.82) is 0 Å². The maximum absolute atomic E-state index is 13.2. The van der Waals surface area contributed by atoms with Crippen LogP contribution in [0, 0.1) is 0 Å². The van der Waals surface area contributed by atoms with E-state index in [4.69, 9.17) is 14.2 Å². The summed E-state index contributed by atoms with van der Waals surface area (Å²) in [4.78, 5) is 27.5. The third kappa shape index (κ3) is 5.85. The van der Waals surface area contributed by atoms with Gasteiger partial charge in [-0.15, -0.1) is 0 Å². The van der Waals surface area contributed by atoms with Gasteiger partial charge in [0.05, 0.1) is 26.9 Å². The van der Waals surface area contributed by atoms with Crippen LogP contribution in [0.3, 0.4) is 0 Å². The highest BCUT2D eigenvalue weighted by Crippen LogP contribution is 2.28. The molecule has 1 N–H and O–H groups in total. The zero-order valence-corrected chi connectivity index (χ0v) is 17.4. The second-order valence-corrected chi connectivity index (χ2v) is 7.79. The van der Waals surface area contributed by atoms with E-state index in [1.54, 1.807) is 30.2 Å². The lowest BCUT2D eigenvalue weighted by Crippen LogP contribution is -2.46. The van der Waals surface area contributed by atoms with Gasteiger partial charge in [0.2, 0.25) is 5.91 Å². The molecule has 0 spiro atoms. The fraction of sp³-hybridized carbons (Fsp3) is 0.636. The van der Waals surface area contributed by atoms with Crippen molar-refractivity contribution in [3.8, 4) is 11.5 Å². The Labute approximate surface area is 172 Å². The number of nitrogens with zero attached hydrogens (tertiary/aromatic N) is 1. The fourth-order valence-corrected chi connectivity index (χ4v) is 4.10. The van der Waals surface area contributed by atoms with E-state index in [1.165, 1.54) is 13.5 Å². The van der Waals surface area contributed by atoms with Gasteiger partial charge in [0.25, 0.3) is 5.91 Å². The minimum absolute atomic E-state index is 0.0263. The maximum Gasteiger partial charge on any atom is 0.254 e. The van der Waals surface area contributed by atoms with Crippen molar-refractivity contribution in [2.45, 2.75) is 57.1 Å². The number of hydrogen-bond donors (Lipinski definition) is 1. The van der Waals surface area contributed by atoms with Crippen LogP contribution in [-0.2, 0) is 9.53 Å². The second-order valence-electron chi connectivity index (χ2n) is 7.79. The van der Waals surface area contributed by atoms with E-state index in [2.05, 4.69) is 5.32 Å². The largest absolute Gasteiger partial charge is 0.493 e. The smallest absolute Gasteiger partial charge is 0.254 e. The lowest BCUT2D eigenvalue weighted by molar-refractivity contribution is -0.123. The quantitative estimate of drug-likeness (QED) is 0.721. The molecule has 1 atom stereocenters. The van der Waals surface area contributed by atoms with Gasteiger partial charge < -0.3 is 24.4 Å². The van der Waals surface area contributed by atoms with Gasteiger partial charge in [0.15, 0.2) is 11.5 Å². The zero-order valence-electron chi connectivity index (χ0n) is 17.4. The summed E-state index contributed by atoms with van der Waals surface area (Å²) in [6.07, 6.45) is 7.42. The van der Waals surface area contributed by atoms with Crippen molar-refractivity contribution >= 4 is 11.8 Å². The molecule has 0 bridgehead atoms. The number of carbonyl (C=O) groups excluding carboxylic acids is 2. The molecule has 3 rings (SSSR count). The van der Waals surface area contributed by atoms with Crippen LogP contribution in [0.2, 0.25) is 0 Å². The summed E-state index contributed by atoms with van der Waals surface area (Å²) in [7, 11) is 3.09. The van der Waals surface area contributed by atoms with Crippen LogP contribution in [-0.4, -0.2) is 62.8 Å². The lowest BCUT2D eigenvalue weighted by Gasteiger charge is -2.28. The van der Waals surface area contributed by atoms with Gasteiger partial charge in [-0.2, -0.15) is 0 Å². The summed E-state index contributed by atoms with van der Waals surface area (Å²) < 4.78 is 16.3. The Bertz CT molecular complexity index is 696. The van der Waals surface area contributed by atoms with Crippen molar-refractivity contribution in [3.05, 3.63) is 23.8 Å². The number of ether oxygens (including phenoxy) is 3. The molecule has 1 aliphatic carbocycles. The monoisotopic (exact) mass is 404 g/mol. The molecule has 0 radical (unpaired) electrons. The van der Waals surface area contributed by atoms with Gasteiger partial charge in [-0.05, 0) is 43.9 Å². The number of rotatable bonds is 8. The number of methoxy groups -OCH3 is 2. The van der Waals surface area contributed by atoms with Crippen LogP contribution in [0.5, 0.6) is 11.5 Å². The molecule has 1 aromatic rings. The maximum atomic E-state index is 13.2. The van der Waals surface area contributed by atoms with E-state index >= 15 is 0 Å². The first-order valence-corrected chi connectivity index (χ1v) is 10.5. The van der Waals surface area contributed by atoms with E-state index in [1.807, 2.05) is 0 Å². The average Bonchev–Trinajstić information content (AvgIpc) is 3.26. The Hall–Kier alpha value is -2.28. The molecule has 2 fully saturated rings. The van der Waals surface area contributed by atoms with E-state index in [0.717, 1.165) is 38.5 Å². The van der Waals surface area contributed by atoms with Gasteiger partial charge in [0, 0.05) is 24.8 Å². The Morgan fingerprint density at radius 1 is 1.07 bits per heavy atom. The summed E-state index contributed by atoms with van der Waals surface area (Å²) in [5.41, 5.74) is 0.464. The second kappa shape index (κ2) is 10.5. The van der Waals surface area contributed by atoms with Crippen molar-refractivity contribution < 1.29 is 23.8 Å². The van der Waals surface area contributed by atoms with Crippen molar-refractivity contribution in [3.63, 3.8) is 0 Å². The van der Waals surface area contributed by atoms with E-state index in [9.17, 15) is 9.59 Å². The topological polar surface area (TPSA) is 77.1 Å². The van der Waals surface area contributed by atoms with Crippen LogP contribution in [0.4, 0.5) is 0 Å². The molecule has 1 aliphatic heterocycles. The molecule has 1 aromatic carbocycles. The van der Waals surface area contributed by atoms with Gasteiger partial charge >= 0.3 is 0 Å². The fourth-order valence-electron chi connectivity index (χ4n) is 4.10. The summed E-state index contributed by atoms with van der Waals surface area (Å²) in [5.74, 6) is 0.732. The van der Waals surface area contributed by atoms with Gasteiger partial charge in [0.1, 0.15) is 0 Å². The molecule has 2 amide bonds. The first-order chi connectivity index (χ1) is 14.1. The molecule has 7 nitrogen and oxygen atoms in total. The number of amides is 2. The highest BCUT2D eigenvalue weighted by molar-refractivity contribution is 5.97. The zero-order chi connectivity index (χ0) is 20.6. The van der Waals surface area contributed by atoms with Crippen LogP contribution >= 0.6 is 0 Å². The first kappa shape index (κ1) is 21.4. The van der Waals surface area contributed by atoms with Crippen molar-refractivity contribution in [2.24, 2.45) is 0 Å². The Balaban J connectivity index is 1.71. The summed E-state index contributed by atoms with van der Waals surface area (Å²) in [6.45, 7) is 1.14. The minimum atomic E-state index is -0.208. The molecular weight excluding hydrogens is 372 g/mol. The molecule has 7 heteroatoms. The van der Waals surface area contributed by atoms with Crippen LogP contribution in [0.1, 0.15) is 55.3 Å². The lowest BCUT2D eigenvalue weighted by atomic mass is 9.95. The van der Waals surface area contributed by atoms with E-state index in [-0.39, 0.29) is 30.5 Å². The van der Waals surface area contributed by atoms with Gasteiger partial charge in [-0.1, -0.05) is 19.3 Å². The molecule has 0 aromatic heterocycles. The van der Waals surface area contributed by atoms with Crippen molar-refractivity contribution in [1.82, 2.24) is 10.2 Å². The average molecular weight is 405 g/mol. The molecule has 1 saturated heterocycles. The van der Waals surface area contributed by atoms with Crippen LogP contribution < -0.4 is 14.8 Å². The van der Waals surface area contributed by atoms with Crippen molar-refractivity contribution in [2.75, 3.05) is 33.9 Å². The number of hydrogen-bond acceptors (Lipinski definition) is 5. The Morgan fingerprint density at radius 3 is 2.48 bits per heavy atom. The van der Waals surface area contributed by atoms with Crippen LogP contribution in [0.25, 0.3) is 0 Å². The minimum Gasteiger partial charge on any atom is -0.493 e. The summed E-state index contributed by atoms with van der Waals surface area (Å²) in [5, 5.41) is 3.10. The van der Waals surface area contributed by atoms with Gasteiger partial charge in [-0.3, -0.25) is 9.59 Å². The highest BCUT2D eigenvalue weighted by Gasteiger charge is 2.27. The summed E-state index contributed by atoms with van der Waals surface area (Å²) >= 11 is 0. The SMILES string of the molecule is COc1ccc(C(=O)N(CC(=O)NC2CCCCC2)C[C@H]2CCCO2)cc1OC. The normalized spacial score (nSPS) is 19.6. The highest BCUT2D eigenvalue weighted by atomic mass is 16.5. The Kier molecular flexibility index (Phi) is 7.75. The Morgan fingerprint density at radius 2 is 1.83 bits per heavy atom. The molecule has 1 saturated carbocycles. The standard InChI is InChI=1S/C22H32N2O5/c1-27-19-11-10-16(13-20(19)28-2)22(26)24(14-18-9-6-12-29-18)15-21(25)23-17-7-4-3-5-8-17/h10-11,13,17-18H,3-9,12,14-15H2,1-2H3,(H,23,25)/t18-/m1/s1. The molecule has 0 unspecified atom stereocenters. The van der Waals surface area contributed by atoms with E-state index < -0.39 is 0 Å². The third-order valence-corrected chi connectivity index (χ3v) is 5.67. The molecule has 29 heavy (non-hydrogen) atoms. The van der Waals surface area contributed by atoms with Crippen LogP contribution in [0.15, 0.2) is 18.2 Å². The molecule has 2 aliphatic rings. The molecular formula is C22H32N2O5.